The van der Waals surface area contributed by atoms with Crippen molar-refractivity contribution in [3.63, 3.8) is 0 Å². The summed E-state index contributed by atoms with van der Waals surface area (Å²) < 4.78 is 27.2. The number of amides is 2. The average Bonchev–Trinajstić information content (AvgIpc) is 3.55. The van der Waals surface area contributed by atoms with Crippen molar-refractivity contribution < 1.29 is 23.4 Å². The Labute approximate surface area is 243 Å². The van der Waals surface area contributed by atoms with Crippen LogP contribution in [0.3, 0.4) is 0 Å². The number of fused-ring (bicyclic) bond motifs is 5. The molecule has 0 bridgehead atoms. The van der Waals surface area contributed by atoms with E-state index in [0.29, 0.717) is 49.0 Å². The molecule has 5 rings (SSSR count). The van der Waals surface area contributed by atoms with Crippen LogP contribution in [-0.4, -0.2) is 48.7 Å². The first-order chi connectivity index (χ1) is 18.8. The van der Waals surface area contributed by atoms with E-state index < -0.39 is 21.3 Å². The maximum Gasteiger partial charge on any atom is 0.328 e. The number of aliphatic hydroxyl groups excluding tert-OH is 2. The van der Waals surface area contributed by atoms with E-state index in [0.717, 1.165) is 64.2 Å². The molecule has 40 heavy (non-hydrogen) atoms. The average molecular weight is 581 g/mol. The maximum atomic E-state index is 12.5. The first-order valence-electron chi connectivity index (χ1n) is 16.4. The molecule has 5 saturated carbocycles. The van der Waals surface area contributed by atoms with Crippen molar-refractivity contribution in [2.45, 2.75) is 136 Å². The van der Waals surface area contributed by atoms with E-state index in [2.05, 4.69) is 44.7 Å². The standard InChI is InChI=1S/C32H56N2O5S/c1-6-23-25-19-21(35)13-16-31(25,4)27-14-17-30(3)24(11-12-26(30)32(27,5)28(23)36)20(2)15-18-33-29(37)34-40(38,39)22-9-7-8-10-22/h20-28,35-36H,6-19H2,1-5H3,(H2,33,34,37)/t20-,21-,23-,24-,25+,26-,27-,28-,30-,31+,32+/m1/s1. The van der Waals surface area contributed by atoms with Gasteiger partial charge in [0.1, 0.15) is 0 Å². The van der Waals surface area contributed by atoms with Crippen LogP contribution in [0.4, 0.5) is 4.79 Å². The van der Waals surface area contributed by atoms with Gasteiger partial charge in [-0.05, 0) is 111 Å². The Hall–Kier alpha value is -0.860. The van der Waals surface area contributed by atoms with Gasteiger partial charge in [0.25, 0.3) is 0 Å². The molecule has 7 nitrogen and oxygen atoms in total. The molecule has 5 aliphatic carbocycles. The van der Waals surface area contributed by atoms with Gasteiger partial charge < -0.3 is 15.5 Å². The van der Waals surface area contributed by atoms with Gasteiger partial charge in [-0.1, -0.05) is 53.9 Å². The van der Waals surface area contributed by atoms with Crippen molar-refractivity contribution >= 4 is 16.1 Å². The molecule has 5 aliphatic rings. The molecule has 0 spiro atoms. The highest BCUT2D eigenvalue weighted by Gasteiger charge is 2.69. The van der Waals surface area contributed by atoms with Gasteiger partial charge in [0.15, 0.2) is 0 Å². The second-order valence-electron chi connectivity index (χ2n) is 15.3. The topological polar surface area (TPSA) is 116 Å². The van der Waals surface area contributed by atoms with Crippen molar-refractivity contribution in [1.82, 2.24) is 10.0 Å². The van der Waals surface area contributed by atoms with Crippen LogP contribution in [0.1, 0.15) is 118 Å². The lowest BCUT2D eigenvalue weighted by Crippen LogP contribution is -2.67. The zero-order valence-corrected chi connectivity index (χ0v) is 26.4. The predicted octanol–water partition coefficient (Wildman–Crippen LogP) is 5.60. The summed E-state index contributed by atoms with van der Waals surface area (Å²) >= 11 is 0. The minimum Gasteiger partial charge on any atom is -0.393 e. The molecular formula is C32H56N2O5S. The minimum atomic E-state index is -3.60. The molecular weight excluding hydrogens is 524 g/mol. The Morgan fingerprint density at radius 3 is 2.27 bits per heavy atom. The van der Waals surface area contributed by atoms with E-state index in [1.165, 1.54) is 6.42 Å². The van der Waals surface area contributed by atoms with Gasteiger partial charge in [-0.3, -0.25) is 0 Å². The van der Waals surface area contributed by atoms with Crippen molar-refractivity contribution in [3.05, 3.63) is 0 Å². The normalized spacial score (nSPS) is 46.2. The first kappa shape index (κ1) is 30.6. The largest absolute Gasteiger partial charge is 0.393 e. The zero-order valence-electron chi connectivity index (χ0n) is 25.6. The third-order valence-corrected chi connectivity index (χ3v) is 15.5. The summed E-state index contributed by atoms with van der Waals surface area (Å²) in [6.45, 7) is 12.4. The van der Waals surface area contributed by atoms with E-state index in [-0.39, 0.29) is 34.4 Å². The van der Waals surface area contributed by atoms with Crippen molar-refractivity contribution in [2.24, 2.45) is 51.8 Å². The third kappa shape index (κ3) is 4.84. The second kappa shape index (κ2) is 11.0. The monoisotopic (exact) mass is 580 g/mol. The van der Waals surface area contributed by atoms with Gasteiger partial charge in [0, 0.05) is 12.0 Å². The van der Waals surface area contributed by atoms with Gasteiger partial charge in [-0.15, -0.1) is 0 Å². The number of rotatable bonds is 7. The third-order valence-electron chi connectivity index (χ3n) is 13.6. The second-order valence-corrected chi connectivity index (χ2v) is 17.3. The highest BCUT2D eigenvalue weighted by Crippen LogP contribution is 2.74. The molecule has 5 fully saturated rings. The van der Waals surface area contributed by atoms with Crippen molar-refractivity contribution in [3.8, 4) is 0 Å². The van der Waals surface area contributed by atoms with Crippen LogP contribution in [0, 0.1) is 51.8 Å². The van der Waals surface area contributed by atoms with Crippen LogP contribution in [-0.2, 0) is 10.0 Å². The van der Waals surface area contributed by atoms with Crippen LogP contribution < -0.4 is 10.0 Å². The fourth-order valence-corrected chi connectivity index (χ4v) is 13.2. The quantitative estimate of drug-likeness (QED) is 0.313. The summed E-state index contributed by atoms with van der Waals surface area (Å²) in [5.41, 5.74) is 0.201. The van der Waals surface area contributed by atoms with Gasteiger partial charge >= 0.3 is 6.03 Å². The number of hydrogen-bond acceptors (Lipinski definition) is 5. The smallest absolute Gasteiger partial charge is 0.328 e. The molecule has 0 aromatic rings. The first-order valence-corrected chi connectivity index (χ1v) is 18.0. The number of carbonyl (C=O) groups excluding carboxylic acids is 1. The number of hydrogen-bond donors (Lipinski definition) is 4. The Kier molecular flexibility index (Phi) is 8.42. The molecule has 2 amide bonds. The molecule has 0 aromatic carbocycles. The Bertz CT molecular complexity index is 1050. The summed E-state index contributed by atoms with van der Waals surface area (Å²) in [4.78, 5) is 12.4. The molecule has 230 valence electrons. The Morgan fingerprint density at radius 2 is 1.60 bits per heavy atom. The van der Waals surface area contributed by atoms with Crippen LogP contribution in [0.15, 0.2) is 0 Å². The lowest BCUT2D eigenvalue weighted by Gasteiger charge is -2.69. The van der Waals surface area contributed by atoms with Crippen molar-refractivity contribution in [1.29, 1.82) is 0 Å². The van der Waals surface area contributed by atoms with E-state index in [9.17, 15) is 23.4 Å². The summed E-state index contributed by atoms with van der Waals surface area (Å²) in [7, 11) is -3.60. The molecule has 11 atom stereocenters. The predicted molar refractivity (Wildman–Crippen MR) is 158 cm³/mol. The molecule has 0 radical (unpaired) electrons. The number of sulfonamides is 1. The molecule has 0 unspecified atom stereocenters. The lowest BCUT2D eigenvalue weighted by atomic mass is 9.36. The fourth-order valence-electron chi connectivity index (χ4n) is 11.7. The number of carbonyl (C=O) groups is 1. The molecule has 0 aliphatic heterocycles. The van der Waals surface area contributed by atoms with Gasteiger partial charge in [-0.25, -0.2) is 17.9 Å². The summed E-state index contributed by atoms with van der Waals surface area (Å²) in [5.74, 6) is 2.50. The van der Waals surface area contributed by atoms with Crippen LogP contribution >= 0.6 is 0 Å². The van der Waals surface area contributed by atoms with Crippen LogP contribution in [0.2, 0.25) is 0 Å². The molecule has 0 heterocycles. The highest BCUT2D eigenvalue weighted by molar-refractivity contribution is 7.90. The van der Waals surface area contributed by atoms with E-state index in [1.54, 1.807) is 0 Å². The Balaban J connectivity index is 1.25. The van der Waals surface area contributed by atoms with Crippen molar-refractivity contribution in [2.75, 3.05) is 6.54 Å². The molecule has 0 saturated heterocycles. The highest BCUT2D eigenvalue weighted by atomic mass is 32.2. The lowest BCUT2D eigenvalue weighted by molar-refractivity contribution is -0.250. The SMILES string of the molecule is CC[C@H]1[C@@H](O)[C@@]2(C)[C@@H]3CC[C@H]([C@H](C)CCNC(=O)NS(=O)(=O)C4CCCC4)[C@@]3(C)CC[C@@H]2[C@@]2(C)CC[C@@H](O)C[C@@H]12. The fraction of sp³-hybridized carbons (Fsp3) is 0.969. The van der Waals surface area contributed by atoms with Crippen LogP contribution in [0.5, 0.6) is 0 Å². The minimum absolute atomic E-state index is 0.123. The summed E-state index contributed by atoms with van der Waals surface area (Å²) in [6.07, 6.45) is 11.7. The van der Waals surface area contributed by atoms with E-state index in [4.69, 9.17) is 0 Å². The van der Waals surface area contributed by atoms with Gasteiger partial charge in [0.05, 0.1) is 17.5 Å². The van der Waals surface area contributed by atoms with Gasteiger partial charge in [-0.2, -0.15) is 0 Å². The molecule has 4 N–H and O–H groups in total. The molecule has 8 heteroatoms. The zero-order chi connectivity index (χ0) is 29.1. The maximum absolute atomic E-state index is 12.5. The van der Waals surface area contributed by atoms with E-state index >= 15 is 0 Å². The van der Waals surface area contributed by atoms with E-state index in [1.807, 2.05) is 0 Å². The number of urea groups is 1. The summed E-state index contributed by atoms with van der Waals surface area (Å²) in [5, 5.41) is 25.1. The Morgan fingerprint density at radius 1 is 0.950 bits per heavy atom. The van der Waals surface area contributed by atoms with Crippen LogP contribution in [0.25, 0.3) is 0 Å². The summed E-state index contributed by atoms with van der Waals surface area (Å²) in [6, 6.07) is -0.598. The molecule has 0 aromatic heterocycles. The number of nitrogens with one attached hydrogen (secondary N) is 2. The number of aliphatic hydroxyl groups is 2. The van der Waals surface area contributed by atoms with Gasteiger partial charge in [0.2, 0.25) is 10.0 Å².